The third-order valence-corrected chi connectivity index (χ3v) is 9.84. The number of fused-ring (bicyclic) bond motifs is 2. The number of hydrogen-bond donors (Lipinski definition) is 3. The fraction of sp³-hybridized carbons (Fsp3) is 0.609. The Morgan fingerprint density at radius 2 is 2.08 bits per heavy atom. The molecule has 4 aliphatic rings. The summed E-state index contributed by atoms with van der Waals surface area (Å²) < 4.78 is 31.1. The molecule has 12 nitrogen and oxygen atoms in total. The maximum Gasteiger partial charge on any atom is 0.409 e. The van der Waals surface area contributed by atoms with Crippen LogP contribution in [-0.2, 0) is 26.1 Å². The number of amides is 2. The summed E-state index contributed by atoms with van der Waals surface area (Å²) in [6.45, 7) is 1.76. The number of nitrogens with one attached hydrogen (secondary N) is 3. The van der Waals surface area contributed by atoms with E-state index in [0.29, 0.717) is 55.2 Å². The molecule has 3 unspecified atom stereocenters. The van der Waals surface area contributed by atoms with Gasteiger partial charge >= 0.3 is 6.09 Å². The third-order valence-electron chi connectivity index (χ3n) is 7.94. The summed E-state index contributed by atoms with van der Waals surface area (Å²) in [5.41, 5.74) is 4.39. The van der Waals surface area contributed by atoms with Gasteiger partial charge in [-0.25, -0.2) is 23.6 Å². The molecule has 13 heteroatoms. The number of methoxy groups -OCH3 is 1. The number of benzene rings is 1. The zero-order valence-electron chi connectivity index (χ0n) is 20.4. The first-order chi connectivity index (χ1) is 17.2. The number of nitrogens with zero attached hydrogens (tertiary/aromatic N) is 4. The molecule has 3 fully saturated rings. The van der Waals surface area contributed by atoms with Gasteiger partial charge in [0.1, 0.15) is 6.17 Å². The molecule has 0 aromatic heterocycles. The normalized spacial score (nSPS) is 29.1. The van der Waals surface area contributed by atoms with Crippen LogP contribution in [0, 0.1) is 17.2 Å². The standard InChI is InChI=1S/C23H31N7O5S/c1-28-14-15-13-16(3-4-18(15)36(28,33)34)26-20-19-17(5-10-25-21(19)31)30(27-20)23(6-9-24)7-11-29(12-8-23)22(32)35-2/h3-4,13,17,19-20,26-27H,5-8,10-12,14H2,1-2H3,(H,25,31). The molecule has 194 valence electrons. The zero-order chi connectivity index (χ0) is 25.7. The average Bonchev–Trinajstić information content (AvgIpc) is 3.34. The van der Waals surface area contributed by atoms with Gasteiger partial charge in [0.25, 0.3) is 0 Å². The van der Waals surface area contributed by atoms with E-state index >= 15 is 0 Å². The van der Waals surface area contributed by atoms with Crippen molar-refractivity contribution in [3.05, 3.63) is 23.8 Å². The van der Waals surface area contributed by atoms with Crippen molar-refractivity contribution in [2.45, 2.75) is 54.9 Å². The van der Waals surface area contributed by atoms with Crippen LogP contribution in [0.3, 0.4) is 0 Å². The van der Waals surface area contributed by atoms with Gasteiger partial charge in [0.15, 0.2) is 0 Å². The second-order valence-corrected chi connectivity index (χ2v) is 11.9. The molecule has 5 rings (SSSR count). The van der Waals surface area contributed by atoms with Crippen LogP contribution < -0.4 is 16.1 Å². The van der Waals surface area contributed by atoms with Crippen LogP contribution in [0.4, 0.5) is 10.5 Å². The molecule has 2 amide bonds. The quantitative estimate of drug-likeness (QED) is 0.516. The van der Waals surface area contributed by atoms with E-state index in [9.17, 15) is 23.3 Å². The number of anilines is 1. The van der Waals surface area contributed by atoms with Crippen molar-refractivity contribution in [3.8, 4) is 6.07 Å². The topological polar surface area (TPSA) is 147 Å². The van der Waals surface area contributed by atoms with Crippen molar-refractivity contribution in [2.75, 3.05) is 39.1 Å². The van der Waals surface area contributed by atoms with E-state index in [1.54, 1.807) is 24.1 Å². The number of sulfonamides is 1. The number of likely N-dealkylation sites (tertiary alicyclic amines) is 1. The lowest BCUT2D eigenvalue weighted by Crippen LogP contribution is -2.62. The molecule has 0 bridgehead atoms. The lowest BCUT2D eigenvalue weighted by Gasteiger charge is -2.48. The van der Waals surface area contributed by atoms with Crippen LogP contribution in [-0.4, -0.2) is 86.2 Å². The first-order valence-electron chi connectivity index (χ1n) is 12.1. The highest BCUT2D eigenvalue weighted by molar-refractivity contribution is 7.89. The molecule has 3 saturated heterocycles. The summed E-state index contributed by atoms with van der Waals surface area (Å²) in [5, 5.41) is 18.2. The molecule has 1 aromatic carbocycles. The summed E-state index contributed by atoms with van der Waals surface area (Å²) in [5.74, 6) is -0.478. The van der Waals surface area contributed by atoms with Crippen LogP contribution in [0.15, 0.2) is 23.1 Å². The van der Waals surface area contributed by atoms with Crippen molar-refractivity contribution < 1.29 is 22.7 Å². The van der Waals surface area contributed by atoms with Crippen LogP contribution in [0.1, 0.15) is 31.2 Å². The highest BCUT2D eigenvalue weighted by Gasteiger charge is 2.55. The predicted molar refractivity (Wildman–Crippen MR) is 129 cm³/mol. The van der Waals surface area contributed by atoms with Crippen molar-refractivity contribution in [2.24, 2.45) is 5.92 Å². The Labute approximate surface area is 210 Å². The van der Waals surface area contributed by atoms with Gasteiger partial charge in [-0.15, -0.1) is 0 Å². The lowest BCUT2D eigenvalue weighted by molar-refractivity contribution is -0.128. The van der Waals surface area contributed by atoms with Gasteiger partial charge < -0.3 is 20.3 Å². The molecule has 0 saturated carbocycles. The Morgan fingerprint density at radius 3 is 2.78 bits per heavy atom. The number of carbonyl (C=O) groups is 2. The molecule has 0 spiro atoms. The highest BCUT2D eigenvalue weighted by atomic mass is 32.2. The smallest absolute Gasteiger partial charge is 0.409 e. The van der Waals surface area contributed by atoms with Gasteiger partial charge in [-0.1, -0.05) is 0 Å². The van der Waals surface area contributed by atoms with Gasteiger partial charge in [-0.05, 0) is 43.0 Å². The van der Waals surface area contributed by atoms with Crippen molar-refractivity contribution in [3.63, 3.8) is 0 Å². The summed E-state index contributed by atoms with van der Waals surface area (Å²) >= 11 is 0. The van der Waals surface area contributed by atoms with E-state index in [2.05, 4.69) is 27.1 Å². The number of piperidine rings is 2. The zero-order valence-corrected chi connectivity index (χ0v) is 21.2. The Bertz CT molecular complexity index is 1210. The lowest BCUT2D eigenvalue weighted by atomic mass is 9.81. The molecule has 0 aliphatic carbocycles. The fourth-order valence-electron chi connectivity index (χ4n) is 6.02. The summed E-state index contributed by atoms with van der Waals surface area (Å²) in [7, 11) is -0.548. The van der Waals surface area contributed by atoms with E-state index in [1.807, 2.05) is 6.07 Å². The maximum absolute atomic E-state index is 13.0. The monoisotopic (exact) mass is 517 g/mol. The largest absolute Gasteiger partial charge is 0.453 e. The first kappa shape index (κ1) is 24.8. The molecule has 3 N–H and O–H groups in total. The van der Waals surface area contributed by atoms with Crippen molar-refractivity contribution in [1.82, 2.24) is 25.0 Å². The van der Waals surface area contributed by atoms with Gasteiger partial charge in [-0.2, -0.15) is 9.57 Å². The second kappa shape index (κ2) is 9.19. The Hall–Kier alpha value is -2.92. The molecular weight excluding hydrogens is 486 g/mol. The van der Waals surface area contributed by atoms with E-state index in [1.165, 1.54) is 11.4 Å². The van der Waals surface area contributed by atoms with E-state index < -0.39 is 27.6 Å². The molecule has 0 radical (unpaired) electrons. The van der Waals surface area contributed by atoms with Crippen molar-refractivity contribution >= 4 is 27.7 Å². The maximum atomic E-state index is 13.0. The minimum atomic E-state index is -3.46. The van der Waals surface area contributed by atoms with Gasteiger partial charge in [0.2, 0.25) is 15.9 Å². The van der Waals surface area contributed by atoms with Gasteiger partial charge in [-0.3, -0.25) is 4.79 Å². The number of hydrogen-bond acceptors (Lipinski definition) is 9. The van der Waals surface area contributed by atoms with E-state index in [-0.39, 0.29) is 24.5 Å². The third kappa shape index (κ3) is 3.98. The van der Waals surface area contributed by atoms with Gasteiger partial charge in [0, 0.05) is 45.0 Å². The summed E-state index contributed by atoms with van der Waals surface area (Å²) in [6.07, 6.45) is 1.30. The Kier molecular flexibility index (Phi) is 6.32. The average molecular weight is 518 g/mol. The number of carbonyl (C=O) groups excluding carboxylic acids is 2. The van der Waals surface area contributed by atoms with Crippen LogP contribution in [0.2, 0.25) is 0 Å². The second-order valence-electron chi connectivity index (χ2n) is 9.89. The molecule has 4 heterocycles. The SMILES string of the molecule is COC(=O)N1CCC(CC#N)(N2NC(Nc3ccc4c(c3)CN(C)S4(=O)=O)C3C(=O)NCCC32)CC1. The predicted octanol–water partition coefficient (Wildman–Crippen LogP) is 0.398. The Balaban J connectivity index is 1.41. The summed E-state index contributed by atoms with van der Waals surface area (Å²) in [4.78, 5) is 27.0. The summed E-state index contributed by atoms with van der Waals surface area (Å²) in [6, 6.07) is 7.33. The molecule has 1 aromatic rings. The van der Waals surface area contributed by atoms with Crippen LogP contribution >= 0.6 is 0 Å². The number of hydrazine groups is 1. The van der Waals surface area contributed by atoms with E-state index in [4.69, 9.17) is 4.74 Å². The molecule has 36 heavy (non-hydrogen) atoms. The molecule has 3 atom stereocenters. The molecule has 4 aliphatic heterocycles. The van der Waals surface area contributed by atoms with Crippen molar-refractivity contribution in [1.29, 1.82) is 5.26 Å². The minimum Gasteiger partial charge on any atom is -0.453 e. The number of ether oxygens (including phenoxy) is 1. The van der Waals surface area contributed by atoms with Gasteiger partial charge in [0.05, 0.1) is 36.0 Å². The van der Waals surface area contributed by atoms with E-state index in [0.717, 1.165) is 6.42 Å². The van der Waals surface area contributed by atoms with Crippen LogP contribution in [0.5, 0.6) is 0 Å². The highest BCUT2D eigenvalue weighted by Crippen LogP contribution is 2.40. The minimum absolute atomic E-state index is 0.0682. The number of rotatable bonds is 4. The fourth-order valence-corrected chi connectivity index (χ4v) is 7.36. The van der Waals surface area contributed by atoms with Crippen LogP contribution in [0.25, 0.3) is 0 Å². The molecular formula is C23H31N7O5S. The first-order valence-corrected chi connectivity index (χ1v) is 13.5. The number of nitriles is 1. The Morgan fingerprint density at radius 1 is 1.33 bits per heavy atom.